The third kappa shape index (κ3) is 5.69. The van der Waals surface area contributed by atoms with E-state index in [0.29, 0.717) is 6.54 Å². The van der Waals surface area contributed by atoms with Gasteiger partial charge in [-0.15, -0.1) is 0 Å². The van der Waals surface area contributed by atoms with Crippen LogP contribution in [0.25, 0.3) is 0 Å². The summed E-state index contributed by atoms with van der Waals surface area (Å²) in [6, 6.07) is 0. The van der Waals surface area contributed by atoms with Crippen LogP contribution in [-0.2, 0) is 0 Å². The molecular formula is C7H13F2N. The Hall–Kier alpha value is -0.440. The Kier molecular flexibility index (Phi) is 5.12. The highest BCUT2D eigenvalue weighted by Crippen LogP contribution is 1.94. The first-order chi connectivity index (χ1) is 4.66. The summed E-state index contributed by atoms with van der Waals surface area (Å²) in [4.78, 5) is 1.57. The van der Waals surface area contributed by atoms with Crippen LogP contribution in [0.2, 0.25) is 0 Å². The molecule has 0 aliphatic rings. The first-order valence-corrected chi connectivity index (χ1v) is 3.24. The molecule has 0 unspecified atom stereocenters. The Bertz CT molecular complexity index is 102. The maximum absolute atomic E-state index is 11.6. The third-order valence-electron chi connectivity index (χ3n) is 1.10. The predicted molar refractivity (Wildman–Crippen MR) is 38.3 cm³/mol. The molecule has 0 aliphatic heterocycles. The van der Waals surface area contributed by atoms with Gasteiger partial charge in [0.05, 0.1) is 6.54 Å². The van der Waals surface area contributed by atoms with Gasteiger partial charge in [0, 0.05) is 6.54 Å². The van der Waals surface area contributed by atoms with Gasteiger partial charge in [-0.3, -0.25) is 4.90 Å². The van der Waals surface area contributed by atoms with Crippen molar-refractivity contribution in [3.05, 3.63) is 12.2 Å². The third-order valence-corrected chi connectivity index (χ3v) is 1.10. The molecule has 0 radical (unpaired) electrons. The molecule has 0 atom stereocenters. The van der Waals surface area contributed by atoms with E-state index in [2.05, 4.69) is 0 Å². The van der Waals surface area contributed by atoms with Crippen molar-refractivity contribution in [1.82, 2.24) is 4.90 Å². The number of likely N-dealkylation sites (N-methyl/N-ethyl adjacent to an activating group) is 1. The molecule has 0 saturated heterocycles. The van der Waals surface area contributed by atoms with E-state index in [1.807, 2.05) is 19.1 Å². The topological polar surface area (TPSA) is 3.24 Å². The fourth-order valence-electron chi connectivity index (χ4n) is 0.595. The fraction of sp³-hybridized carbons (Fsp3) is 0.714. The van der Waals surface area contributed by atoms with E-state index >= 15 is 0 Å². The van der Waals surface area contributed by atoms with Gasteiger partial charge in [-0.2, -0.15) is 0 Å². The van der Waals surface area contributed by atoms with E-state index in [1.165, 1.54) is 0 Å². The van der Waals surface area contributed by atoms with E-state index in [1.54, 1.807) is 11.9 Å². The van der Waals surface area contributed by atoms with Crippen LogP contribution in [0.4, 0.5) is 8.78 Å². The van der Waals surface area contributed by atoms with Gasteiger partial charge in [-0.05, 0) is 14.0 Å². The summed E-state index contributed by atoms with van der Waals surface area (Å²) >= 11 is 0. The fourth-order valence-corrected chi connectivity index (χ4v) is 0.595. The number of allylic oxidation sites excluding steroid dienone is 1. The average Bonchev–Trinajstić information content (AvgIpc) is 1.82. The Labute approximate surface area is 60.3 Å². The number of hydrogen-bond acceptors (Lipinski definition) is 1. The van der Waals surface area contributed by atoms with Crippen LogP contribution in [0, 0.1) is 0 Å². The van der Waals surface area contributed by atoms with Gasteiger partial charge in [0.25, 0.3) is 6.43 Å². The Morgan fingerprint density at radius 1 is 1.50 bits per heavy atom. The van der Waals surface area contributed by atoms with Crippen LogP contribution in [0.3, 0.4) is 0 Å². The summed E-state index contributed by atoms with van der Waals surface area (Å²) in [5.74, 6) is 0. The van der Waals surface area contributed by atoms with Gasteiger partial charge in [-0.25, -0.2) is 8.78 Å². The highest BCUT2D eigenvalue weighted by molar-refractivity contribution is 4.79. The second-order valence-electron chi connectivity index (χ2n) is 2.18. The van der Waals surface area contributed by atoms with Gasteiger partial charge in [-0.1, -0.05) is 12.2 Å². The molecule has 10 heavy (non-hydrogen) atoms. The lowest BCUT2D eigenvalue weighted by atomic mass is 10.4. The van der Waals surface area contributed by atoms with Crippen LogP contribution < -0.4 is 0 Å². The van der Waals surface area contributed by atoms with Crippen LogP contribution in [0.5, 0.6) is 0 Å². The zero-order valence-corrected chi connectivity index (χ0v) is 6.35. The van der Waals surface area contributed by atoms with Crippen LogP contribution >= 0.6 is 0 Å². The minimum absolute atomic E-state index is 0.148. The monoisotopic (exact) mass is 149 g/mol. The van der Waals surface area contributed by atoms with Gasteiger partial charge in [0.15, 0.2) is 0 Å². The predicted octanol–water partition coefficient (Wildman–Crippen LogP) is 1.76. The molecule has 0 amide bonds. The second kappa shape index (κ2) is 5.35. The quantitative estimate of drug-likeness (QED) is 0.550. The number of alkyl halides is 2. The molecule has 0 N–H and O–H groups in total. The zero-order chi connectivity index (χ0) is 7.98. The molecule has 0 saturated carbocycles. The molecule has 0 rings (SSSR count). The minimum atomic E-state index is -2.23. The molecular weight excluding hydrogens is 136 g/mol. The molecule has 3 heteroatoms. The lowest BCUT2D eigenvalue weighted by molar-refractivity contribution is 0.105. The Balaban J connectivity index is 3.33. The summed E-state index contributed by atoms with van der Waals surface area (Å²) in [5.41, 5.74) is 0. The van der Waals surface area contributed by atoms with Crippen molar-refractivity contribution >= 4 is 0 Å². The van der Waals surface area contributed by atoms with E-state index in [0.717, 1.165) is 0 Å². The van der Waals surface area contributed by atoms with Crippen molar-refractivity contribution in [3.63, 3.8) is 0 Å². The lowest BCUT2D eigenvalue weighted by Gasteiger charge is -2.12. The van der Waals surface area contributed by atoms with E-state index < -0.39 is 6.43 Å². The van der Waals surface area contributed by atoms with Crippen LogP contribution in [0.1, 0.15) is 6.92 Å². The van der Waals surface area contributed by atoms with Gasteiger partial charge in [0.1, 0.15) is 0 Å². The van der Waals surface area contributed by atoms with Crippen molar-refractivity contribution in [2.45, 2.75) is 13.3 Å². The normalized spacial score (nSPS) is 12.2. The molecule has 0 bridgehead atoms. The summed E-state index contributed by atoms with van der Waals surface area (Å²) in [6.45, 7) is 2.32. The first kappa shape index (κ1) is 9.56. The summed E-state index contributed by atoms with van der Waals surface area (Å²) < 4.78 is 23.3. The Morgan fingerprint density at radius 2 is 2.10 bits per heavy atom. The molecule has 0 aromatic heterocycles. The lowest BCUT2D eigenvalue weighted by Crippen LogP contribution is -2.24. The van der Waals surface area contributed by atoms with Crippen LogP contribution in [-0.4, -0.2) is 31.5 Å². The number of hydrogen-bond donors (Lipinski definition) is 0. The summed E-state index contributed by atoms with van der Waals surface area (Å²) in [7, 11) is 1.67. The summed E-state index contributed by atoms with van der Waals surface area (Å²) in [6.07, 6.45) is 1.47. The molecule has 0 fully saturated rings. The first-order valence-electron chi connectivity index (χ1n) is 3.24. The van der Waals surface area contributed by atoms with Crippen molar-refractivity contribution in [2.24, 2.45) is 0 Å². The molecule has 0 aromatic rings. The standard InChI is InChI=1S/C7H13F2N/c1-3-4-5-10(2)6-7(8)9/h3-4,7H,5-6H2,1-2H3/b4-3+. The number of halogens is 2. The van der Waals surface area contributed by atoms with Crippen molar-refractivity contribution in [1.29, 1.82) is 0 Å². The second-order valence-corrected chi connectivity index (χ2v) is 2.18. The highest BCUT2D eigenvalue weighted by atomic mass is 19.3. The largest absolute Gasteiger partial charge is 0.297 e. The number of nitrogens with zero attached hydrogens (tertiary/aromatic N) is 1. The van der Waals surface area contributed by atoms with Gasteiger partial charge < -0.3 is 0 Å². The highest BCUT2D eigenvalue weighted by Gasteiger charge is 2.04. The minimum Gasteiger partial charge on any atom is -0.297 e. The number of rotatable bonds is 4. The van der Waals surface area contributed by atoms with Crippen molar-refractivity contribution in [3.8, 4) is 0 Å². The molecule has 0 aromatic carbocycles. The van der Waals surface area contributed by atoms with E-state index in [-0.39, 0.29) is 6.54 Å². The van der Waals surface area contributed by atoms with E-state index in [4.69, 9.17) is 0 Å². The van der Waals surface area contributed by atoms with Crippen molar-refractivity contribution in [2.75, 3.05) is 20.1 Å². The maximum Gasteiger partial charge on any atom is 0.251 e. The Morgan fingerprint density at radius 3 is 2.50 bits per heavy atom. The molecule has 0 heterocycles. The van der Waals surface area contributed by atoms with Gasteiger partial charge >= 0.3 is 0 Å². The maximum atomic E-state index is 11.6. The molecule has 60 valence electrons. The smallest absolute Gasteiger partial charge is 0.251 e. The van der Waals surface area contributed by atoms with E-state index in [9.17, 15) is 8.78 Å². The SMILES string of the molecule is C/C=C/CN(C)CC(F)F. The molecule has 1 nitrogen and oxygen atoms in total. The average molecular weight is 149 g/mol. The van der Waals surface area contributed by atoms with Gasteiger partial charge in [0.2, 0.25) is 0 Å². The zero-order valence-electron chi connectivity index (χ0n) is 6.35. The molecule has 0 spiro atoms. The van der Waals surface area contributed by atoms with Crippen LogP contribution in [0.15, 0.2) is 12.2 Å². The summed E-state index contributed by atoms with van der Waals surface area (Å²) in [5, 5.41) is 0. The molecule has 0 aliphatic carbocycles. The van der Waals surface area contributed by atoms with Crippen molar-refractivity contribution < 1.29 is 8.78 Å².